The largest absolute Gasteiger partial charge is 0.493 e. The Morgan fingerprint density at radius 3 is 2.36 bits per heavy atom. The summed E-state index contributed by atoms with van der Waals surface area (Å²) in [4.78, 5) is 14.2. The smallest absolute Gasteiger partial charge is 0.222 e. The maximum absolute atomic E-state index is 12.3. The number of carbonyl (C=O) groups excluding carboxylic acids is 1. The monoisotopic (exact) mass is 308 g/mol. The van der Waals surface area contributed by atoms with Gasteiger partial charge in [-0.3, -0.25) is 4.79 Å². The van der Waals surface area contributed by atoms with Crippen LogP contribution in [0.1, 0.15) is 12.0 Å². The van der Waals surface area contributed by atoms with Crippen LogP contribution in [0.3, 0.4) is 0 Å². The van der Waals surface area contributed by atoms with Crippen LogP contribution >= 0.6 is 0 Å². The number of hydrogen-bond acceptors (Lipinski definition) is 5. The van der Waals surface area contributed by atoms with E-state index in [1.807, 2.05) is 17.0 Å². The first-order valence-corrected chi connectivity index (χ1v) is 7.47. The van der Waals surface area contributed by atoms with E-state index in [9.17, 15) is 4.79 Å². The molecule has 22 heavy (non-hydrogen) atoms. The summed E-state index contributed by atoms with van der Waals surface area (Å²) in [5, 5.41) is 3.25. The lowest BCUT2D eigenvalue weighted by molar-refractivity contribution is -0.131. The summed E-state index contributed by atoms with van der Waals surface area (Å²) >= 11 is 0. The van der Waals surface area contributed by atoms with E-state index in [-0.39, 0.29) is 5.91 Å². The molecule has 1 N–H and O–H groups in total. The van der Waals surface area contributed by atoms with Crippen LogP contribution in [0.25, 0.3) is 0 Å². The third kappa shape index (κ3) is 3.62. The van der Waals surface area contributed by atoms with Crippen LogP contribution in [0.4, 0.5) is 0 Å². The number of carbonyl (C=O) groups is 1. The Hall–Kier alpha value is -1.95. The molecule has 0 bridgehead atoms. The summed E-state index contributed by atoms with van der Waals surface area (Å²) in [6.45, 7) is 3.29. The van der Waals surface area contributed by atoms with Crippen molar-refractivity contribution in [3.63, 3.8) is 0 Å². The molecule has 0 aliphatic carbocycles. The lowest BCUT2D eigenvalue weighted by Crippen LogP contribution is -2.46. The van der Waals surface area contributed by atoms with E-state index in [0.29, 0.717) is 30.1 Å². The number of piperazine rings is 1. The van der Waals surface area contributed by atoms with Gasteiger partial charge in [0.1, 0.15) is 0 Å². The van der Waals surface area contributed by atoms with Crippen LogP contribution in [0.2, 0.25) is 0 Å². The van der Waals surface area contributed by atoms with Crippen molar-refractivity contribution < 1.29 is 19.0 Å². The number of benzene rings is 1. The van der Waals surface area contributed by atoms with Gasteiger partial charge in [0, 0.05) is 32.6 Å². The normalized spacial score (nSPS) is 14.6. The topological polar surface area (TPSA) is 60.0 Å². The van der Waals surface area contributed by atoms with Crippen LogP contribution in [0.15, 0.2) is 12.1 Å². The van der Waals surface area contributed by atoms with Crippen molar-refractivity contribution in [1.82, 2.24) is 10.2 Å². The molecule has 0 unspecified atom stereocenters. The van der Waals surface area contributed by atoms with E-state index in [1.165, 1.54) is 0 Å². The second kappa shape index (κ2) is 7.89. The highest BCUT2D eigenvalue weighted by atomic mass is 16.5. The molecule has 0 radical (unpaired) electrons. The van der Waals surface area contributed by atoms with E-state index >= 15 is 0 Å². The molecule has 1 heterocycles. The molecule has 0 aromatic heterocycles. The number of aryl methyl sites for hydroxylation is 1. The first-order valence-electron chi connectivity index (χ1n) is 7.47. The van der Waals surface area contributed by atoms with Gasteiger partial charge in [-0.05, 0) is 18.1 Å². The van der Waals surface area contributed by atoms with Crippen molar-refractivity contribution in [2.24, 2.45) is 0 Å². The van der Waals surface area contributed by atoms with Crippen molar-refractivity contribution in [3.05, 3.63) is 17.7 Å². The van der Waals surface area contributed by atoms with E-state index in [0.717, 1.165) is 31.7 Å². The lowest BCUT2D eigenvalue weighted by Gasteiger charge is -2.27. The molecule has 2 rings (SSSR count). The van der Waals surface area contributed by atoms with Gasteiger partial charge in [0.15, 0.2) is 11.5 Å². The molecule has 1 fully saturated rings. The fourth-order valence-corrected chi connectivity index (χ4v) is 2.67. The number of rotatable bonds is 6. The molecule has 122 valence electrons. The molecule has 0 saturated carbocycles. The van der Waals surface area contributed by atoms with Gasteiger partial charge in [-0.2, -0.15) is 0 Å². The van der Waals surface area contributed by atoms with Gasteiger partial charge in [0.25, 0.3) is 0 Å². The maximum atomic E-state index is 12.3. The predicted molar refractivity (Wildman–Crippen MR) is 83.9 cm³/mol. The third-order valence-electron chi connectivity index (χ3n) is 3.86. The minimum atomic E-state index is 0.179. The zero-order valence-corrected chi connectivity index (χ0v) is 13.5. The fraction of sp³-hybridized carbons (Fsp3) is 0.562. The van der Waals surface area contributed by atoms with Gasteiger partial charge >= 0.3 is 0 Å². The zero-order valence-electron chi connectivity index (χ0n) is 13.5. The molecule has 1 aliphatic heterocycles. The molecule has 6 nitrogen and oxygen atoms in total. The summed E-state index contributed by atoms with van der Waals surface area (Å²) < 4.78 is 16.1. The minimum Gasteiger partial charge on any atom is -0.493 e. The Bertz CT molecular complexity index is 513. The summed E-state index contributed by atoms with van der Waals surface area (Å²) in [5.41, 5.74) is 0.948. The summed E-state index contributed by atoms with van der Waals surface area (Å²) in [5.74, 6) is 2.00. The predicted octanol–water partition coefficient (Wildman–Crippen LogP) is 1.08. The quantitative estimate of drug-likeness (QED) is 0.852. The van der Waals surface area contributed by atoms with Crippen molar-refractivity contribution in [2.75, 3.05) is 47.5 Å². The maximum Gasteiger partial charge on any atom is 0.222 e. The van der Waals surface area contributed by atoms with Crippen molar-refractivity contribution >= 4 is 5.91 Å². The Balaban J connectivity index is 2.07. The van der Waals surface area contributed by atoms with Crippen molar-refractivity contribution in [3.8, 4) is 17.2 Å². The van der Waals surface area contributed by atoms with E-state index in [4.69, 9.17) is 14.2 Å². The molecule has 0 spiro atoms. The molecule has 1 aliphatic rings. The Labute approximate surface area is 131 Å². The first kappa shape index (κ1) is 16.4. The van der Waals surface area contributed by atoms with Gasteiger partial charge in [-0.25, -0.2) is 0 Å². The van der Waals surface area contributed by atoms with Gasteiger partial charge in [0.05, 0.1) is 21.3 Å². The Kier molecular flexibility index (Phi) is 5.89. The third-order valence-corrected chi connectivity index (χ3v) is 3.86. The number of methoxy groups -OCH3 is 3. The molecular weight excluding hydrogens is 284 g/mol. The number of nitrogens with zero attached hydrogens (tertiary/aromatic N) is 1. The molecule has 6 heteroatoms. The van der Waals surface area contributed by atoms with Gasteiger partial charge in [0.2, 0.25) is 11.7 Å². The number of ether oxygens (including phenoxy) is 3. The van der Waals surface area contributed by atoms with Crippen LogP contribution in [0.5, 0.6) is 17.2 Å². The SMILES string of the molecule is COc1ccc(CCC(=O)N2CCNCC2)c(OC)c1OC. The van der Waals surface area contributed by atoms with Crippen LogP contribution in [-0.2, 0) is 11.2 Å². The molecule has 1 aromatic carbocycles. The first-order chi connectivity index (χ1) is 10.7. The zero-order chi connectivity index (χ0) is 15.9. The minimum absolute atomic E-state index is 0.179. The lowest BCUT2D eigenvalue weighted by atomic mass is 10.1. The van der Waals surface area contributed by atoms with E-state index < -0.39 is 0 Å². The number of hydrogen-bond donors (Lipinski definition) is 1. The van der Waals surface area contributed by atoms with E-state index in [2.05, 4.69) is 5.32 Å². The highest BCUT2D eigenvalue weighted by Crippen LogP contribution is 2.40. The van der Waals surface area contributed by atoms with Gasteiger partial charge in [-0.15, -0.1) is 0 Å². The summed E-state index contributed by atoms with van der Waals surface area (Å²) in [6.07, 6.45) is 1.08. The number of nitrogens with one attached hydrogen (secondary N) is 1. The number of amides is 1. The molecular formula is C16H24N2O4. The van der Waals surface area contributed by atoms with Crippen molar-refractivity contribution in [2.45, 2.75) is 12.8 Å². The van der Waals surface area contributed by atoms with Crippen molar-refractivity contribution in [1.29, 1.82) is 0 Å². The average Bonchev–Trinajstić information content (AvgIpc) is 2.59. The second-order valence-corrected chi connectivity index (χ2v) is 5.12. The molecule has 0 atom stereocenters. The Morgan fingerprint density at radius 1 is 1.09 bits per heavy atom. The highest BCUT2D eigenvalue weighted by molar-refractivity contribution is 5.76. The summed E-state index contributed by atoms with van der Waals surface area (Å²) in [7, 11) is 4.76. The van der Waals surface area contributed by atoms with E-state index in [1.54, 1.807) is 21.3 Å². The second-order valence-electron chi connectivity index (χ2n) is 5.12. The standard InChI is InChI=1S/C16H24N2O4/c1-20-13-6-4-12(15(21-2)16(13)22-3)5-7-14(19)18-10-8-17-9-11-18/h4,6,17H,5,7-11H2,1-3H3. The van der Waals surface area contributed by atoms with Gasteiger partial charge < -0.3 is 24.4 Å². The highest BCUT2D eigenvalue weighted by Gasteiger charge is 2.19. The fourth-order valence-electron chi connectivity index (χ4n) is 2.67. The van der Waals surface area contributed by atoms with Crippen LogP contribution < -0.4 is 19.5 Å². The molecule has 1 amide bonds. The van der Waals surface area contributed by atoms with Crippen LogP contribution in [-0.4, -0.2) is 58.3 Å². The molecule has 1 aromatic rings. The summed E-state index contributed by atoms with van der Waals surface area (Å²) in [6, 6.07) is 3.76. The average molecular weight is 308 g/mol. The van der Waals surface area contributed by atoms with Crippen LogP contribution in [0, 0.1) is 0 Å². The molecule has 1 saturated heterocycles. The Morgan fingerprint density at radius 2 is 1.77 bits per heavy atom. The van der Waals surface area contributed by atoms with Gasteiger partial charge in [-0.1, -0.05) is 6.07 Å².